The van der Waals surface area contributed by atoms with Gasteiger partial charge in [0.2, 0.25) is 0 Å². The Morgan fingerprint density at radius 1 is 1.18 bits per heavy atom. The third-order valence-corrected chi connectivity index (χ3v) is 6.80. The molecule has 0 amide bonds. The van der Waals surface area contributed by atoms with E-state index in [1.54, 1.807) is 24.0 Å². The van der Waals surface area contributed by atoms with Crippen LogP contribution in [0.5, 0.6) is 5.75 Å². The van der Waals surface area contributed by atoms with E-state index in [1.807, 2.05) is 71.6 Å². The predicted molar refractivity (Wildman–Crippen MR) is 138 cm³/mol. The number of hydrogen-bond acceptors (Lipinski definition) is 7. The van der Waals surface area contributed by atoms with E-state index in [0.717, 1.165) is 26.9 Å². The molecule has 0 bridgehead atoms. The van der Waals surface area contributed by atoms with Gasteiger partial charge in [-0.05, 0) is 54.6 Å². The Balaban J connectivity index is 1.65. The second-order valence-corrected chi connectivity index (χ2v) is 9.23. The van der Waals surface area contributed by atoms with Crippen molar-refractivity contribution in [1.29, 1.82) is 0 Å². The highest BCUT2D eigenvalue weighted by molar-refractivity contribution is 8.17. The van der Waals surface area contributed by atoms with Crippen molar-refractivity contribution < 1.29 is 14.3 Å². The number of esters is 1. The molecule has 2 aromatic rings. The summed E-state index contributed by atoms with van der Waals surface area (Å²) in [6.07, 6.45) is 5.64. The number of methoxy groups -OCH3 is 1. The highest BCUT2D eigenvalue weighted by Gasteiger charge is 2.25. The molecule has 2 aliphatic rings. The molecule has 176 valence electrons. The van der Waals surface area contributed by atoms with Gasteiger partial charge in [-0.3, -0.25) is 5.01 Å². The SMILES string of the molecule is CCOc1cccc(C2=NN(Cc3cccc(C(=O)OC)c3)C(=CN3C=C(Cl)C(Cl)=CC3)S2)c1. The number of carbonyl (C=O) groups excluding carboxylic acids is 1. The standard InChI is InChI=1S/C25H23Cl2N3O3S/c1-3-33-20-9-5-7-18(13-20)24-28-30(14-17-6-4-8-19(12-17)25(31)32-2)23(34-24)16-29-11-10-21(26)22(27)15-29/h4-10,12-13,15-16H,3,11,14H2,1-2H3. The van der Waals surface area contributed by atoms with Crippen LogP contribution in [0.4, 0.5) is 0 Å². The van der Waals surface area contributed by atoms with Crippen LogP contribution in [0.1, 0.15) is 28.4 Å². The molecule has 2 aliphatic heterocycles. The first-order valence-corrected chi connectivity index (χ1v) is 12.2. The van der Waals surface area contributed by atoms with Crippen LogP contribution < -0.4 is 4.74 Å². The first-order chi connectivity index (χ1) is 16.5. The average molecular weight is 516 g/mol. The molecule has 4 rings (SSSR count). The Morgan fingerprint density at radius 3 is 2.76 bits per heavy atom. The van der Waals surface area contributed by atoms with Crippen molar-refractivity contribution in [3.8, 4) is 5.75 Å². The fraction of sp³-hybridized carbons (Fsp3) is 0.200. The average Bonchev–Trinajstić information content (AvgIpc) is 3.23. The first kappa shape index (κ1) is 24.3. The predicted octanol–water partition coefficient (Wildman–Crippen LogP) is 6.10. The first-order valence-electron chi connectivity index (χ1n) is 10.6. The normalized spacial score (nSPS) is 16.8. The third kappa shape index (κ3) is 5.78. The zero-order valence-corrected chi connectivity index (χ0v) is 21.0. The van der Waals surface area contributed by atoms with E-state index < -0.39 is 0 Å². The van der Waals surface area contributed by atoms with Crippen LogP contribution in [-0.4, -0.2) is 41.2 Å². The largest absolute Gasteiger partial charge is 0.494 e. The van der Waals surface area contributed by atoms with Gasteiger partial charge in [0.1, 0.15) is 15.8 Å². The lowest BCUT2D eigenvalue weighted by molar-refractivity contribution is 0.0600. The van der Waals surface area contributed by atoms with Crippen molar-refractivity contribution in [2.45, 2.75) is 13.5 Å². The lowest BCUT2D eigenvalue weighted by Gasteiger charge is -2.22. The van der Waals surface area contributed by atoms with Gasteiger partial charge in [-0.25, -0.2) is 4.79 Å². The minimum absolute atomic E-state index is 0.373. The summed E-state index contributed by atoms with van der Waals surface area (Å²) in [6, 6.07) is 15.2. The Hall–Kier alpha value is -2.87. The lowest BCUT2D eigenvalue weighted by Crippen LogP contribution is -2.18. The van der Waals surface area contributed by atoms with Crippen LogP contribution in [-0.2, 0) is 11.3 Å². The highest BCUT2D eigenvalue weighted by Crippen LogP contribution is 2.36. The van der Waals surface area contributed by atoms with Gasteiger partial charge in [-0.15, -0.1) is 0 Å². The van der Waals surface area contributed by atoms with Crippen LogP contribution in [0.25, 0.3) is 0 Å². The monoisotopic (exact) mass is 515 g/mol. The van der Waals surface area contributed by atoms with Gasteiger partial charge >= 0.3 is 5.97 Å². The maximum Gasteiger partial charge on any atom is 0.337 e. The molecule has 2 heterocycles. The second-order valence-electron chi connectivity index (χ2n) is 7.41. The molecule has 6 nitrogen and oxygen atoms in total. The van der Waals surface area contributed by atoms with Gasteiger partial charge in [0.15, 0.2) is 0 Å². The molecule has 0 fully saturated rings. The van der Waals surface area contributed by atoms with Crippen LogP contribution in [0.15, 0.2) is 87.2 Å². The van der Waals surface area contributed by atoms with Crippen molar-refractivity contribution in [1.82, 2.24) is 9.91 Å². The van der Waals surface area contributed by atoms with E-state index in [1.165, 1.54) is 7.11 Å². The summed E-state index contributed by atoms with van der Waals surface area (Å²) in [4.78, 5) is 13.9. The third-order valence-electron chi connectivity index (χ3n) is 5.00. The van der Waals surface area contributed by atoms with Crippen LogP contribution in [0, 0.1) is 0 Å². The van der Waals surface area contributed by atoms with Crippen LogP contribution >= 0.6 is 35.0 Å². The molecule has 0 N–H and O–H groups in total. The number of thioether (sulfide) groups is 1. The molecule has 0 radical (unpaired) electrons. The number of nitrogens with zero attached hydrogens (tertiary/aromatic N) is 3. The maximum atomic E-state index is 12.0. The van der Waals surface area contributed by atoms with Crippen LogP contribution in [0.3, 0.4) is 0 Å². The number of carbonyl (C=O) groups is 1. The highest BCUT2D eigenvalue weighted by atomic mass is 35.5. The molecule has 9 heteroatoms. The quantitative estimate of drug-likeness (QED) is 0.415. The minimum atomic E-state index is -0.373. The van der Waals surface area contributed by atoms with Gasteiger partial charge in [0.25, 0.3) is 0 Å². The number of rotatable bonds is 7. The van der Waals surface area contributed by atoms with E-state index >= 15 is 0 Å². The van der Waals surface area contributed by atoms with E-state index in [9.17, 15) is 4.79 Å². The number of halogens is 2. The van der Waals surface area contributed by atoms with Gasteiger partial charge < -0.3 is 14.4 Å². The van der Waals surface area contributed by atoms with E-state index in [2.05, 4.69) is 0 Å². The Bertz CT molecular complexity index is 1210. The molecule has 34 heavy (non-hydrogen) atoms. The molecule has 0 unspecified atom stereocenters. The summed E-state index contributed by atoms with van der Waals surface area (Å²) in [5.74, 6) is 0.422. The van der Waals surface area contributed by atoms with Gasteiger partial charge in [0.05, 0.1) is 35.9 Å². The topological polar surface area (TPSA) is 54.4 Å². The fourth-order valence-electron chi connectivity index (χ4n) is 3.40. The number of hydrazone groups is 1. The molecule has 0 spiro atoms. The van der Waals surface area contributed by atoms with Crippen molar-refractivity contribution in [3.05, 3.63) is 98.8 Å². The minimum Gasteiger partial charge on any atom is -0.494 e. The molecular weight excluding hydrogens is 493 g/mol. The Labute approximate surface area is 213 Å². The fourth-order valence-corrected chi connectivity index (χ4v) is 4.70. The van der Waals surface area contributed by atoms with Crippen molar-refractivity contribution in [2.75, 3.05) is 20.3 Å². The Kier molecular flexibility index (Phi) is 7.88. The van der Waals surface area contributed by atoms with Gasteiger partial charge in [-0.2, -0.15) is 5.10 Å². The molecule has 0 saturated carbocycles. The smallest absolute Gasteiger partial charge is 0.337 e. The Morgan fingerprint density at radius 2 is 2.00 bits per heavy atom. The molecule has 0 saturated heterocycles. The van der Waals surface area contributed by atoms with Gasteiger partial charge in [0, 0.05) is 24.5 Å². The van der Waals surface area contributed by atoms with Gasteiger partial charge in [-0.1, -0.05) is 47.5 Å². The van der Waals surface area contributed by atoms with E-state index in [0.29, 0.717) is 35.3 Å². The number of ether oxygens (including phenoxy) is 2. The summed E-state index contributed by atoms with van der Waals surface area (Å²) in [7, 11) is 1.37. The zero-order valence-electron chi connectivity index (χ0n) is 18.7. The molecule has 2 aromatic carbocycles. The summed E-state index contributed by atoms with van der Waals surface area (Å²) in [5, 5.41) is 9.56. The summed E-state index contributed by atoms with van der Waals surface area (Å²) in [6.45, 7) is 3.62. The molecule has 0 aromatic heterocycles. The van der Waals surface area contributed by atoms with Crippen molar-refractivity contribution in [2.24, 2.45) is 5.10 Å². The van der Waals surface area contributed by atoms with E-state index in [4.69, 9.17) is 37.8 Å². The number of hydrogen-bond donors (Lipinski definition) is 0. The molecule has 0 atom stereocenters. The number of benzene rings is 2. The number of allylic oxidation sites excluding steroid dienone is 2. The summed E-state index contributed by atoms with van der Waals surface area (Å²) < 4.78 is 10.5. The molecule has 0 aliphatic carbocycles. The second kappa shape index (κ2) is 11.0. The van der Waals surface area contributed by atoms with Crippen molar-refractivity contribution >= 4 is 46.0 Å². The maximum absolute atomic E-state index is 12.0. The molecular formula is C25H23Cl2N3O3S. The van der Waals surface area contributed by atoms with E-state index in [-0.39, 0.29) is 5.97 Å². The van der Waals surface area contributed by atoms with Crippen LogP contribution in [0.2, 0.25) is 0 Å². The zero-order chi connectivity index (χ0) is 24.1. The lowest BCUT2D eigenvalue weighted by atomic mass is 10.1. The summed E-state index contributed by atoms with van der Waals surface area (Å²) in [5.41, 5.74) is 2.39. The summed E-state index contributed by atoms with van der Waals surface area (Å²) >= 11 is 13.9. The van der Waals surface area contributed by atoms with Crippen molar-refractivity contribution in [3.63, 3.8) is 0 Å².